The Hall–Kier alpha value is -1.99. The standard InChI is InChI=1S/C12H13F4N3O/c13-11(14)12(15,16)6-19-10(20)7-2-1-3-8-9(7)18-5-4-17-8/h1-3,11,17-18H,4-6H2,(H,19,20). The Morgan fingerprint density at radius 3 is 2.70 bits per heavy atom. The quantitative estimate of drug-likeness (QED) is 0.745. The van der Waals surface area contributed by atoms with Crippen molar-refractivity contribution in [3.8, 4) is 0 Å². The van der Waals surface area contributed by atoms with Crippen molar-refractivity contribution in [1.29, 1.82) is 0 Å². The molecule has 0 unspecified atom stereocenters. The normalized spacial score (nSPS) is 14.2. The van der Waals surface area contributed by atoms with Crippen LogP contribution < -0.4 is 16.0 Å². The highest BCUT2D eigenvalue weighted by atomic mass is 19.3. The van der Waals surface area contributed by atoms with Gasteiger partial charge in [0.25, 0.3) is 5.91 Å². The van der Waals surface area contributed by atoms with Gasteiger partial charge in [0.1, 0.15) is 0 Å². The molecule has 110 valence electrons. The van der Waals surface area contributed by atoms with Gasteiger partial charge in [-0.3, -0.25) is 4.79 Å². The molecule has 0 spiro atoms. The maximum absolute atomic E-state index is 12.8. The van der Waals surface area contributed by atoms with Crippen LogP contribution in [0.1, 0.15) is 10.4 Å². The van der Waals surface area contributed by atoms with E-state index < -0.39 is 24.8 Å². The summed E-state index contributed by atoms with van der Waals surface area (Å²) >= 11 is 0. The first kappa shape index (κ1) is 14.4. The zero-order valence-corrected chi connectivity index (χ0v) is 10.4. The molecule has 1 aliphatic rings. The second-order valence-electron chi connectivity index (χ2n) is 4.33. The molecule has 0 aliphatic carbocycles. The summed E-state index contributed by atoms with van der Waals surface area (Å²) in [5, 5.41) is 7.84. The molecule has 0 bridgehead atoms. The van der Waals surface area contributed by atoms with Crippen molar-refractivity contribution < 1.29 is 22.4 Å². The molecule has 1 aromatic carbocycles. The lowest BCUT2D eigenvalue weighted by molar-refractivity contribution is -0.123. The number of nitrogens with one attached hydrogen (secondary N) is 3. The molecule has 20 heavy (non-hydrogen) atoms. The van der Waals surface area contributed by atoms with Crippen molar-refractivity contribution >= 4 is 17.3 Å². The van der Waals surface area contributed by atoms with Gasteiger partial charge in [-0.1, -0.05) is 6.07 Å². The third-order valence-electron chi connectivity index (χ3n) is 2.86. The first-order valence-corrected chi connectivity index (χ1v) is 5.97. The molecule has 0 aromatic heterocycles. The summed E-state index contributed by atoms with van der Waals surface area (Å²) in [5.74, 6) is -5.06. The predicted molar refractivity (Wildman–Crippen MR) is 66.7 cm³/mol. The van der Waals surface area contributed by atoms with E-state index in [1.165, 1.54) is 6.07 Å². The molecule has 0 fully saturated rings. The molecule has 1 aromatic rings. The molecule has 0 saturated heterocycles. The van der Waals surface area contributed by atoms with Gasteiger partial charge in [0, 0.05) is 13.1 Å². The van der Waals surface area contributed by atoms with Gasteiger partial charge in [0.15, 0.2) is 0 Å². The topological polar surface area (TPSA) is 53.2 Å². The van der Waals surface area contributed by atoms with Crippen molar-refractivity contribution in [3.63, 3.8) is 0 Å². The average Bonchev–Trinajstić information content (AvgIpc) is 2.44. The molecule has 0 saturated carbocycles. The van der Waals surface area contributed by atoms with Crippen LogP contribution in [0.25, 0.3) is 0 Å². The second-order valence-corrected chi connectivity index (χ2v) is 4.33. The predicted octanol–water partition coefficient (Wildman–Crippen LogP) is 2.15. The molecule has 0 atom stereocenters. The van der Waals surface area contributed by atoms with E-state index >= 15 is 0 Å². The Labute approximate surface area is 112 Å². The Morgan fingerprint density at radius 1 is 1.30 bits per heavy atom. The number of fused-ring (bicyclic) bond motifs is 1. The Morgan fingerprint density at radius 2 is 2.00 bits per heavy atom. The largest absolute Gasteiger partial charge is 0.382 e. The summed E-state index contributed by atoms with van der Waals surface area (Å²) in [4.78, 5) is 11.8. The monoisotopic (exact) mass is 291 g/mol. The van der Waals surface area contributed by atoms with E-state index in [4.69, 9.17) is 0 Å². The minimum absolute atomic E-state index is 0.139. The van der Waals surface area contributed by atoms with Crippen molar-refractivity contribution in [1.82, 2.24) is 5.32 Å². The van der Waals surface area contributed by atoms with Crippen molar-refractivity contribution in [2.24, 2.45) is 0 Å². The van der Waals surface area contributed by atoms with Gasteiger partial charge in [0.05, 0.1) is 23.5 Å². The molecule has 1 aliphatic heterocycles. The summed E-state index contributed by atoms with van der Waals surface area (Å²) in [5.41, 5.74) is 1.29. The third-order valence-corrected chi connectivity index (χ3v) is 2.86. The summed E-state index contributed by atoms with van der Waals surface area (Å²) in [6.45, 7) is -0.160. The number of hydrogen-bond donors (Lipinski definition) is 3. The lowest BCUT2D eigenvalue weighted by Gasteiger charge is -2.23. The fourth-order valence-electron chi connectivity index (χ4n) is 1.83. The highest BCUT2D eigenvalue weighted by Crippen LogP contribution is 2.28. The number of anilines is 2. The van der Waals surface area contributed by atoms with Crippen LogP contribution in [0.2, 0.25) is 0 Å². The van der Waals surface area contributed by atoms with Gasteiger partial charge >= 0.3 is 12.3 Å². The number of amides is 1. The molecule has 0 radical (unpaired) electrons. The van der Waals surface area contributed by atoms with Crippen molar-refractivity contribution in [2.45, 2.75) is 12.3 Å². The van der Waals surface area contributed by atoms with Crippen LogP contribution in [0.3, 0.4) is 0 Å². The van der Waals surface area contributed by atoms with Gasteiger partial charge in [-0.2, -0.15) is 8.78 Å². The zero-order chi connectivity index (χ0) is 14.8. The fourth-order valence-corrected chi connectivity index (χ4v) is 1.83. The van der Waals surface area contributed by atoms with Gasteiger partial charge < -0.3 is 16.0 Å². The number of hydrogen-bond acceptors (Lipinski definition) is 3. The number of halogens is 4. The Balaban J connectivity index is 2.10. The third kappa shape index (κ3) is 2.94. The first-order chi connectivity index (χ1) is 9.42. The molecular formula is C12H13F4N3O. The lowest BCUT2D eigenvalue weighted by atomic mass is 10.1. The van der Waals surface area contributed by atoms with E-state index in [9.17, 15) is 22.4 Å². The van der Waals surface area contributed by atoms with Gasteiger partial charge in [-0.05, 0) is 12.1 Å². The van der Waals surface area contributed by atoms with Gasteiger partial charge in [-0.15, -0.1) is 0 Å². The van der Waals surface area contributed by atoms with E-state index in [0.29, 0.717) is 24.5 Å². The van der Waals surface area contributed by atoms with E-state index in [1.807, 2.05) is 5.32 Å². The van der Waals surface area contributed by atoms with E-state index in [0.717, 1.165) is 0 Å². The van der Waals surface area contributed by atoms with Crippen molar-refractivity contribution in [2.75, 3.05) is 30.3 Å². The van der Waals surface area contributed by atoms with Crippen LogP contribution >= 0.6 is 0 Å². The number of para-hydroxylation sites is 1. The molecule has 1 heterocycles. The maximum atomic E-state index is 12.8. The smallest absolute Gasteiger partial charge is 0.324 e. The average molecular weight is 291 g/mol. The van der Waals surface area contributed by atoms with Crippen LogP contribution in [0.15, 0.2) is 18.2 Å². The minimum atomic E-state index is -4.24. The van der Waals surface area contributed by atoms with E-state index in [-0.39, 0.29) is 5.56 Å². The fraction of sp³-hybridized carbons (Fsp3) is 0.417. The van der Waals surface area contributed by atoms with Crippen LogP contribution in [0.4, 0.5) is 28.9 Å². The lowest BCUT2D eigenvalue weighted by Crippen LogP contribution is -2.41. The number of rotatable bonds is 4. The highest BCUT2D eigenvalue weighted by molar-refractivity contribution is 6.02. The molecule has 4 nitrogen and oxygen atoms in total. The van der Waals surface area contributed by atoms with Crippen LogP contribution in [0.5, 0.6) is 0 Å². The summed E-state index contributed by atoms with van der Waals surface area (Å²) < 4.78 is 49.6. The number of carbonyl (C=O) groups excluding carboxylic acids is 1. The number of carbonyl (C=O) groups is 1. The summed E-state index contributed by atoms with van der Waals surface area (Å²) in [6.07, 6.45) is -3.81. The van der Waals surface area contributed by atoms with Gasteiger partial charge in [0.2, 0.25) is 0 Å². The number of alkyl halides is 4. The second kappa shape index (κ2) is 5.56. The van der Waals surface area contributed by atoms with E-state index in [1.54, 1.807) is 12.1 Å². The SMILES string of the molecule is O=C(NCC(F)(F)C(F)F)c1cccc2c1NCCN2. The Kier molecular flexibility index (Phi) is 4.01. The van der Waals surface area contributed by atoms with Crippen LogP contribution in [-0.4, -0.2) is 37.9 Å². The molecule has 1 amide bonds. The summed E-state index contributed by atoms with van der Waals surface area (Å²) in [6, 6.07) is 4.75. The number of benzene rings is 1. The zero-order valence-electron chi connectivity index (χ0n) is 10.4. The Bertz CT molecular complexity index is 507. The van der Waals surface area contributed by atoms with Crippen LogP contribution in [0, 0.1) is 0 Å². The maximum Gasteiger partial charge on any atom is 0.324 e. The minimum Gasteiger partial charge on any atom is -0.382 e. The molecule has 2 rings (SSSR count). The highest BCUT2D eigenvalue weighted by Gasteiger charge is 2.41. The van der Waals surface area contributed by atoms with E-state index in [2.05, 4.69) is 10.6 Å². The van der Waals surface area contributed by atoms with Gasteiger partial charge in [-0.25, -0.2) is 8.78 Å². The molecular weight excluding hydrogens is 278 g/mol. The van der Waals surface area contributed by atoms with Crippen LogP contribution in [-0.2, 0) is 0 Å². The first-order valence-electron chi connectivity index (χ1n) is 5.97. The van der Waals surface area contributed by atoms with Crippen molar-refractivity contribution in [3.05, 3.63) is 23.8 Å². The summed E-state index contributed by atoms with van der Waals surface area (Å²) in [7, 11) is 0. The molecule has 8 heteroatoms. The molecule has 3 N–H and O–H groups in total.